The molecule has 2 aromatic rings. The van der Waals surface area contributed by atoms with Gasteiger partial charge in [0.25, 0.3) is 5.91 Å². The van der Waals surface area contributed by atoms with E-state index in [-0.39, 0.29) is 5.75 Å². The van der Waals surface area contributed by atoms with Gasteiger partial charge in [-0.2, -0.15) is 5.10 Å². The maximum absolute atomic E-state index is 12.4. The summed E-state index contributed by atoms with van der Waals surface area (Å²) in [7, 11) is 3.04. The second kappa shape index (κ2) is 8.19. The molecule has 0 aliphatic rings. The van der Waals surface area contributed by atoms with E-state index in [1.807, 2.05) is 26.0 Å². The van der Waals surface area contributed by atoms with Crippen LogP contribution in [0, 0.1) is 6.92 Å². The van der Waals surface area contributed by atoms with Crippen molar-refractivity contribution in [2.45, 2.75) is 20.3 Å². The molecule has 0 aliphatic carbocycles. The predicted octanol–water partition coefficient (Wildman–Crippen LogP) is 3.26. The molecule has 0 saturated heterocycles. The second-order valence-electron chi connectivity index (χ2n) is 5.47. The minimum atomic E-state index is -0.393. The SMILES string of the molecule is CC/C(=N\NC(=O)c1cc(OC)cc(OC)c1)c1cc(C)ccc1O. The van der Waals surface area contributed by atoms with Crippen molar-refractivity contribution in [3.8, 4) is 17.2 Å². The molecule has 0 aromatic heterocycles. The quantitative estimate of drug-likeness (QED) is 0.624. The average Bonchev–Trinajstić information content (AvgIpc) is 2.64. The van der Waals surface area contributed by atoms with Crippen molar-refractivity contribution in [3.05, 3.63) is 53.1 Å². The van der Waals surface area contributed by atoms with Crippen LogP contribution < -0.4 is 14.9 Å². The Morgan fingerprint density at radius 1 is 1.12 bits per heavy atom. The lowest BCUT2D eigenvalue weighted by Crippen LogP contribution is -2.20. The molecule has 0 radical (unpaired) electrons. The van der Waals surface area contributed by atoms with Gasteiger partial charge in [-0.25, -0.2) is 5.43 Å². The van der Waals surface area contributed by atoms with Crippen LogP contribution in [-0.2, 0) is 0 Å². The fourth-order valence-electron chi connectivity index (χ4n) is 2.33. The molecule has 2 N–H and O–H groups in total. The average molecular weight is 342 g/mol. The van der Waals surface area contributed by atoms with Crippen LogP contribution >= 0.6 is 0 Å². The van der Waals surface area contributed by atoms with Crippen LogP contribution in [0.4, 0.5) is 0 Å². The highest BCUT2D eigenvalue weighted by atomic mass is 16.5. The number of carbonyl (C=O) groups excluding carboxylic acids is 1. The summed E-state index contributed by atoms with van der Waals surface area (Å²) in [6.45, 7) is 3.83. The van der Waals surface area contributed by atoms with Crippen molar-refractivity contribution in [2.75, 3.05) is 14.2 Å². The first-order chi connectivity index (χ1) is 12.0. The van der Waals surface area contributed by atoms with E-state index < -0.39 is 5.91 Å². The molecular formula is C19H22N2O4. The molecule has 0 fully saturated rings. The Balaban J connectivity index is 2.27. The molecule has 6 heteroatoms. The minimum Gasteiger partial charge on any atom is -0.507 e. The first-order valence-corrected chi connectivity index (χ1v) is 7.88. The molecular weight excluding hydrogens is 320 g/mol. The van der Waals surface area contributed by atoms with Gasteiger partial charge in [0.1, 0.15) is 17.2 Å². The molecule has 0 atom stereocenters. The first-order valence-electron chi connectivity index (χ1n) is 7.88. The van der Waals surface area contributed by atoms with E-state index in [2.05, 4.69) is 10.5 Å². The van der Waals surface area contributed by atoms with Gasteiger partial charge in [-0.05, 0) is 37.6 Å². The van der Waals surface area contributed by atoms with Crippen LogP contribution in [0.5, 0.6) is 17.2 Å². The summed E-state index contributed by atoms with van der Waals surface area (Å²) in [6, 6.07) is 10.1. The van der Waals surface area contributed by atoms with Crippen LogP contribution in [0.3, 0.4) is 0 Å². The van der Waals surface area contributed by atoms with Gasteiger partial charge in [-0.3, -0.25) is 4.79 Å². The Labute approximate surface area is 147 Å². The molecule has 132 valence electrons. The molecule has 1 amide bonds. The summed E-state index contributed by atoms with van der Waals surface area (Å²) in [5, 5.41) is 14.2. The second-order valence-corrected chi connectivity index (χ2v) is 5.47. The maximum atomic E-state index is 12.4. The number of methoxy groups -OCH3 is 2. The Bertz CT molecular complexity index is 778. The normalized spacial score (nSPS) is 11.1. The van der Waals surface area contributed by atoms with Crippen molar-refractivity contribution in [1.29, 1.82) is 0 Å². The number of benzene rings is 2. The molecule has 0 aliphatic heterocycles. The summed E-state index contributed by atoms with van der Waals surface area (Å²) in [4.78, 5) is 12.4. The predicted molar refractivity (Wildman–Crippen MR) is 96.7 cm³/mol. The fourth-order valence-corrected chi connectivity index (χ4v) is 2.33. The highest BCUT2D eigenvalue weighted by Crippen LogP contribution is 2.23. The van der Waals surface area contributed by atoms with E-state index in [9.17, 15) is 9.90 Å². The van der Waals surface area contributed by atoms with Gasteiger partial charge < -0.3 is 14.6 Å². The van der Waals surface area contributed by atoms with E-state index in [4.69, 9.17) is 9.47 Å². The molecule has 0 bridgehead atoms. The third kappa shape index (κ3) is 4.50. The van der Waals surface area contributed by atoms with E-state index in [1.165, 1.54) is 14.2 Å². The Kier molecular flexibility index (Phi) is 6.00. The lowest BCUT2D eigenvalue weighted by Gasteiger charge is -2.10. The van der Waals surface area contributed by atoms with E-state index in [0.29, 0.717) is 34.8 Å². The van der Waals surface area contributed by atoms with Crippen LogP contribution in [0.2, 0.25) is 0 Å². The van der Waals surface area contributed by atoms with Gasteiger partial charge in [0, 0.05) is 17.2 Å². The zero-order valence-electron chi connectivity index (χ0n) is 14.8. The van der Waals surface area contributed by atoms with Gasteiger partial charge in [0.2, 0.25) is 0 Å². The van der Waals surface area contributed by atoms with Crippen molar-refractivity contribution >= 4 is 11.6 Å². The van der Waals surface area contributed by atoms with Gasteiger partial charge in [0.05, 0.1) is 19.9 Å². The number of hydrazone groups is 1. The zero-order valence-corrected chi connectivity index (χ0v) is 14.8. The van der Waals surface area contributed by atoms with Crippen molar-refractivity contribution in [2.24, 2.45) is 5.10 Å². The highest BCUT2D eigenvalue weighted by Gasteiger charge is 2.12. The largest absolute Gasteiger partial charge is 0.507 e. The number of amides is 1. The molecule has 0 saturated carbocycles. The number of phenolic OH excluding ortho intramolecular Hbond substituents is 1. The fraction of sp³-hybridized carbons (Fsp3) is 0.263. The number of nitrogens with zero attached hydrogens (tertiary/aromatic N) is 1. The smallest absolute Gasteiger partial charge is 0.271 e. The Morgan fingerprint density at radius 3 is 2.32 bits per heavy atom. The molecule has 2 aromatic carbocycles. The van der Waals surface area contributed by atoms with Crippen LogP contribution in [0.1, 0.15) is 34.8 Å². The summed E-state index contributed by atoms with van der Waals surface area (Å²) in [6.07, 6.45) is 0.554. The van der Waals surface area contributed by atoms with E-state index in [1.54, 1.807) is 24.3 Å². The Morgan fingerprint density at radius 2 is 1.76 bits per heavy atom. The maximum Gasteiger partial charge on any atom is 0.271 e. The van der Waals surface area contributed by atoms with Crippen molar-refractivity contribution < 1.29 is 19.4 Å². The lowest BCUT2D eigenvalue weighted by molar-refractivity contribution is 0.0954. The van der Waals surface area contributed by atoms with Crippen LogP contribution in [-0.4, -0.2) is 30.9 Å². The molecule has 6 nitrogen and oxygen atoms in total. The summed E-state index contributed by atoms with van der Waals surface area (Å²) >= 11 is 0. The molecule has 25 heavy (non-hydrogen) atoms. The van der Waals surface area contributed by atoms with Gasteiger partial charge >= 0.3 is 0 Å². The van der Waals surface area contributed by atoms with E-state index >= 15 is 0 Å². The summed E-state index contributed by atoms with van der Waals surface area (Å²) in [5.41, 5.74) is 5.08. The number of nitrogens with one attached hydrogen (secondary N) is 1. The number of carbonyl (C=O) groups is 1. The number of ether oxygens (including phenoxy) is 2. The van der Waals surface area contributed by atoms with Gasteiger partial charge in [-0.1, -0.05) is 18.6 Å². The third-order valence-corrected chi connectivity index (χ3v) is 3.70. The number of phenols is 1. The monoisotopic (exact) mass is 342 g/mol. The highest BCUT2D eigenvalue weighted by molar-refractivity contribution is 6.04. The molecule has 2 rings (SSSR count). The third-order valence-electron chi connectivity index (χ3n) is 3.70. The molecule has 0 unspecified atom stereocenters. The summed E-state index contributed by atoms with van der Waals surface area (Å²) in [5.74, 6) is 0.764. The van der Waals surface area contributed by atoms with Gasteiger partial charge in [0.15, 0.2) is 0 Å². The zero-order chi connectivity index (χ0) is 18.4. The number of aryl methyl sites for hydroxylation is 1. The summed E-state index contributed by atoms with van der Waals surface area (Å²) < 4.78 is 10.3. The lowest BCUT2D eigenvalue weighted by atomic mass is 10.0. The van der Waals surface area contributed by atoms with Crippen molar-refractivity contribution in [1.82, 2.24) is 5.43 Å². The minimum absolute atomic E-state index is 0.128. The standard InChI is InChI=1S/C19H22N2O4/c1-5-17(16-8-12(2)6-7-18(16)22)20-21-19(23)13-9-14(24-3)11-15(10-13)25-4/h6-11,22H,5H2,1-4H3,(H,21,23)/b20-17+. The number of rotatable bonds is 6. The van der Waals surface area contributed by atoms with Crippen molar-refractivity contribution in [3.63, 3.8) is 0 Å². The topological polar surface area (TPSA) is 80.2 Å². The number of hydrogen-bond donors (Lipinski definition) is 2. The number of hydrogen-bond acceptors (Lipinski definition) is 5. The van der Waals surface area contributed by atoms with Crippen LogP contribution in [0.25, 0.3) is 0 Å². The Hall–Kier alpha value is -3.02. The first kappa shape index (κ1) is 18.3. The van der Waals surface area contributed by atoms with E-state index in [0.717, 1.165) is 5.56 Å². The van der Waals surface area contributed by atoms with Crippen LogP contribution in [0.15, 0.2) is 41.5 Å². The molecule has 0 heterocycles. The van der Waals surface area contributed by atoms with Gasteiger partial charge in [-0.15, -0.1) is 0 Å². The number of aromatic hydroxyl groups is 1. The molecule has 0 spiro atoms.